The molecule has 2 aromatic rings. The van der Waals surface area contributed by atoms with Crippen LogP contribution >= 0.6 is 25.0 Å². The average Bonchev–Trinajstić information content (AvgIpc) is 3.81. The third-order valence-electron chi connectivity index (χ3n) is 11.9. The maximum absolute atomic E-state index is 9.11. The first-order valence-electron chi connectivity index (χ1n) is 18.2. The van der Waals surface area contributed by atoms with Gasteiger partial charge >= 0.3 is 290 Å². The molecule has 3 saturated carbocycles. The molecule has 0 aromatic heterocycles. The molecule has 3 aliphatic carbocycles. The number of halogens is 2. The molecule has 1 aliphatic heterocycles. The fourth-order valence-corrected chi connectivity index (χ4v) is 56.7. The second kappa shape index (κ2) is 13.6. The van der Waals surface area contributed by atoms with E-state index >= 15 is 0 Å². The first-order chi connectivity index (χ1) is 21.9. The molecule has 0 radical (unpaired) electrons. The molecular weight excluding hydrogens is 715 g/mol. The summed E-state index contributed by atoms with van der Waals surface area (Å²) in [4.78, 5) is 7.54. The summed E-state index contributed by atoms with van der Waals surface area (Å²) in [5.74, 6) is 0. The van der Waals surface area contributed by atoms with Crippen LogP contribution in [0.1, 0.15) is 117 Å². The van der Waals surface area contributed by atoms with E-state index in [4.69, 9.17) is 24.1 Å². The van der Waals surface area contributed by atoms with E-state index in [9.17, 15) is 0 Å². The predicted molar refractivity (Wildman–Crippen MR) is 205 cm³/mol. The molecule has 2 aromatic carbocycles. The summed E-state index contributed by atoms with van der Waals surface area (Å²) < 4.78 is 7.94. The van der Waals surface area contributed by atoms with Gasteiger partial charge in [-0.15, -0.1) is 0 Å². The van der Waals surface area contributed by atoms with Crippen LogP contribution in [0.2, 0.25) is 0 Å². The molecule has 0 amide bonds. The number of nitrogens with zero attached hydrogens (tertiary/aromatic N) is 2. The van der Waals surface area contributed by atoms with Crippen molar-refractivity contribution in [3.05, 3.63) is 57.6 Å². The average molecular weight is 776 g/mol. The van der Waals surface area contributed by atoms with Crippen LogP contribution in [0, 0.1) is 41.5 Å². The van der Waals surface area contributed by atoms with Crippen molar-refractivity contribution in [1.82, 2.24) is 0 Å². The Balaban J connectivity index is 1.82. The number of hydrogen-bond donors (Lipinski definition) is 0. The summed E-state index contributed by atoms with van der Waals surface area (Å²) >= 11 is 0. The fraction of sp³-hybridized carbons (Fsp3) is 0.641. The van der Waals surface area contributed by atoms with Crippen LogP contribution in [0.25, 0.3) is 0 Å². The summed E-state index contributed by atoms with van der Waals surface area (Å²) in [6.45, 7) is 18.1. The van der Waals surface area contributed by atoms with Crippen molar-refractivity contribution in [2.45, 2.75) is 142 Å². The van der Waals surface area contributed by atoms with Crippen LogP contribution < -0.4 is 9.80 Å². The van der Waals surface area contributed by atoms with Crippen molar-refractivity contribution in [3.8, 4) is 0 Å². The molecule has 0 spiro atoms. The topological polar surface area (TPSA) is 15.7 Å². The molecule has 4 fully saturated rings. The van der Waals surface area contributed by atoms with Crippen molar-refractivity contribution in [2.24, 2.45) is 0 Å². The molecule has 259 valence electrons. The Bertz CT molecular complexity index is 1460. The van der Waals surface area contributed by atoms with Gasteiger partial charge in [-0.2, -0.15) is 0 Å². The second-order valence-electron chi connectivity index (χ2n) is 15.1. The standard InChI is InChI=1S/C21H26N2.C15H27P.C3H6O.2ClH.Ru/c1-14-9-16(3)20(17(4)10-14)22-7-8-23(13-22)21-18(5)11-15(2)12-19(21)6;1-2-8-13(7-1)16(14-9-3-4-10-14)15-11-5-6-12-15;1-3-4-2;;;/h9-12H,7-8H2,1-6H3;13-15H,1-12H2;2H,3H2,1H3;2*1H;/q;;;;;+1/p-1. The molecule has 6 rings (SSSR count). The molecule has 0 bridgehead atoms. The Labute approximate surface area is 288 Å². The fourth-order valence-electron chi connectivity index (χ4n) is 10.8. The number of hydrogen-bond acceptors (Lipinski definition) is 3. The van der Waals surface area contributed by atoms with Gasteiger partial charge in [-0.25, -0.2) is 0 Å². The quantitative estimate of drug-likeness (QED) is 0.196. The Morgan fingerprint density at radius 1 is 0.652 bits per heavy atom. The third-order valence-corrected chi connectivity index (χ3v) is 48.3. The van der Waals surface area contributed by atoms with Gasteiger partial charge in [0.1, 0.15) is 0 Å². The van der Waals surface area contributed by atoms with Gasteiger partial charge < -0.3 is 0 Å². The minimum atomic E-state index is -4.78. The van der Waals surface area contributed by atoms with E-state index in [-0.39, 0.29) is 0 Å². The molecular formula is C39H60Cl2N2OPRu. The first-order valence-corrected chi connectivity index (χ1v) is 29.2. The van der Waals surface area contributed by atoms with Crippen molar-refractivity contribution < 1.29 is 15.0 Å². The minimum absolute atomic E-state index is 0.609. The molecule has 1 heterocycles. The van der Waals surface area contributed by atoms with Crippen LogP contribution in [0.4, 0.5) is 11.4 Å². The molecule has 3 nitrogen and oxygen atoms in total. The van der Waals surface area contributed by atoms with E-state index in [0.717, 1.165) is 13.1 Å². The molecule has 46 heavy (non-hydrogen) atoms. The van der Waals surface area contributed by atoms with Crippen molar-refractivity contribution in [3.63, 3.8) is 0 Å². The molecule has 1 saturated heterocycles. The third kappa shape index (κ3) is 5.65. The molecule has 0 unspecified atom stereocenters. The number of rotatable bonds is 8. The van der Waals surface area contributed by atoms with Crippen LogP contribution in [-0.4, -0.2) is 45.8 Å². The van der Waals surface area contributed by atoms with Gasteiger partial charge in [0.25, 0.3) is 0 Å². The van der Waals surface area contributed by atoms with E-state index < -0.39 is 15.8 Å². The van der Waals surface area contributed by atoms with Gasteiger partial charge in [0.05, 0.1) is 0 Å². The van der Waals surface area contributed by atoms with Gasteiger partial charge in [-0.3, -0.25) is 0 Å². The van der Waals surface area contributed by atoms with Crippen molar-refractivity contribution in [2.75, 3.05) is 29.5 Å². The number of benzene rings is 2. The molecule has 0 N–H and O–H groups in total. The molecule has 0 atom stereocenters. The van der Waals surface area contributed by atoms with Gasteiger partial charge in [-0.05, 0) is 0 Å². The van der Waals surface area contributed by atoms with Gasteiger partial charge in [-0.1, -0.05) is 0 Å². The Kier molecular flexibility index (Phi) is 10.4. The van der Waals surface area contributed by atoms with Crippen LogP contribution in [0.3, 0.4) is 0 Å². The van der Waals surface area contributed by atoms with Gasteiger partial charge in [0.15, 0.2) is 0 Å². The predicted octanol–water partition coefficient (Wildman–Crippen LogP) is 11.2. The van der Waals surface area contributed by atoms with E-state index in [2.05, 4.69) is 87.3 Å². The Morgan fingerprint density at radius 3 is 1.28 bits per heavy atom. The zero-order chi connectivity index (χ0) is 32.9. The number of ether oxygens (including phenoxy) is 1. The SMILES string of the molecule is CCO[CH]=[Ru]([Cl])([Cl])(=[C]1N(c2c(C)cc(C)cc2C)CCN1c1c(C)cc(C)cc1C)[PH](C1CCCC1)(C1CCCC1)C1CCCC1. The van der Waals surface area contributed by atoms with Crippen molar-refractivity contribution >= 4 is 45.5 Å². The summed E-state index contributed by atoms with van der Waals surface area (Å²) in [6, 6.07) is 9.43. The number of aryl methyl sites for hydroxylation is 6. The number of anilines is 2. The van der Waals surface area contributed by atoms with Crippen LogP contribution in [0.5, 0.6) is 0 Å². The van der Waals surface area contributed by atoms with E-state index in [1.54, 1.807) is 0 Å². The van der Waals surface area contributed by atoms with E-state index in [0.29, 0.717) is 23.6 Å². The van der Waals surface area contributed by atoms with Gasteiger partial charge in [0, 0.05) is 0 Å². The summed E-state index contributed by atoms with van der Waals surface area (Å²) in [6.07, 6.45) is 15.9. The summed E-state index contributed by atoms with van der Waals surface area (Å²) in [5.41, 5.74) is 10.0. The van der Waals surface area contributed by atoms with Crippen molar-refractivity contribution in [1.29, 1.82) is 0 Å². The zero-order valence-electron chi connectivity index (χ0n) is 29.6. The molecule has 4 aliphatic rings. The monoisotopic (exact) mass is 775 g/mol. The second-order valence-corrected chi connectivity index (χ2v) is 43.0. The zero-order valence-corrected chi connectivity index (χ0v) is 33.9. The summed E-state index contributed by atoms with van der Waals surface area (Å²) in [7, 11) is 13.4. The van der Waals surface area contributed by atoms with E-state index in [1.807, 2.05) is 0 Å². The Morgan fingerprint density at radius 2 is 0.978 bits per heavy atom. The Hall–Kier alpha value is -0.627. The normalized spacial score (nSPS) is 21.8. The van der Waals surface area contributed by atoms with Crippen LogP contribution in [-0.2, 0) is 15.0 Å². The first kappa shape index (κ1) is 35.2. The summed E-state index contributed by atoms with van der Waals surface area (Å²) in [5, 5.41) is 0. The van der Waals surface area contributed by atoms with Gasteiger partial charge in [0.2, 0.25) is 0 Å². The van der Waals surface area contributed by atoms with Crippen LogP contribution in [0.15, 0.2) is 24.3 Å². The maximum atomic E-state index is 9.11. The molecule has 7 heteroatoms. The van der Waals surface area contributed by atoms with E-state index in [1.165, 1.54) is 126 Å².